The van der Waals surface area contributed by atoms with Gasteiger partial charge in [0.25, 0.3) is 0 Å². The van der Waals surface area contributed by atoms with Crippen molar-refractivity contribution in [1.82, 2.24) is 4.90 Å². The maximum atomic E-state index is 11.4. The average molecular weight is 245 g/mol. The number of carbonyl (C=O) groups is 2. The van der Waals surface area contributed by atoms with Crippen molar-refractivity contribution in [1.29, 1.82) is 0 Å². The van der Waals surface area contributed by atoms with E-state index in [-0.39, 0.29) is 11.7 Å². The minimum Gasteiger partial charge on any atom is -0.342 e. The quantitative estimate of drug-likeness (QED) is 0.751. The maximum absolute atomic E-state index is 11.4. The van der Waals surface area contributed by atoms with Crippen LogP contribution in [-0.4, -0.2) is 29.7 Å². The zero-order valence-corrected chi connectivity index (χ0v) is 11.0. The van der Waals surface area contributed by atoms with Crippen LogP contribution in [0.1, 0.15) is 48.5 Å². The molecule has 1 fully saturated rings. The number of piperidine rings is 1. The second kappa shape index (κ2) is 5.34. The van der Waals surface area contributed by atoms with E-state index in [1.165, 1.54) is 5.56 Å². The molecule has 0 aromatic heterocycles. The number of hydrogen-bond donors (Lipinski definition) is 0. The number of ketones is 1. The van der Waals surface area contributed by atoms with Crippen molar-refractivity contribution in [2.75, 3.05) is 13.1 Å². The van der Waals surface area contributed by atoms with Crippen LogP contribution in [0.25, 0.3) is 0 Å². The minimum atomic E-state index is 0.0931. The Kier molecular flexibility index (Phi) is 3.80. The van der Waals surface area contributed by atoms with Gasteiger partial charge in [-0.25, -0.2) is 0 Å². The Morgan fingerprint density at radius 2 is 1.83 bits per heavy atom. The van der Waals surface area contributed by atoms with Crippen LogP contribution >= 0.6 is 0 Å². The van der Waals surface area contributed by atoms with Gasteiger partial charge in [-0.2, -0.15) is 0 Å². The van der Waals surface area contributed by atoms with Gasteiger partial charge in [-0.1, -0.05) is 24.3 Å². The van der Waals surface area contributed by atoms with E-state index in [1.807, 2.05) is 29.2 Å². The molecule has 1 aromatic carbocycles. The summed E-state index contributed by atoms with van der Waals surface area (Å²) in [6, 6.07) is 7.80. The molecule has 3 nitrogen and oxygen atoms in total. The highest BCUT2D eigenvalue weighted by atomic mass is 16.2. The number of nitrogens with zero attached hydrogens (tertiary/aromatic N) is 1. The van der Waals surface area contributed by atoms with Crippen molar-refractivity contribution in [2.24, 2.45) is 0 Å². The SMILES string of the molecule is CC(=O)c1ccc(C2CCCN(C(C)=O)C2)cc1. The van der Waals surface area contributed by atoms with E-state index in [0.717, 1.165) is 31.5 Å². The monoisotopic (exact) mass is 245 g/mol. The largest absolute Gasteiger partial charge is 0.342 e. The smallest absolute Gasteiger partial charge is 0.219 e. The highest BCUT2D eigenvalue weighted by Crippen LogP contribution is 2.27. The molecule has 1 heterocycles. The average Bonchev–Trinajstić information content (AvgIpc) is 2.39. The summed E-state index contributed by atoms with van der Waals surface area (Å²) in [5.41, 5.74) is 1.98. The molecule has 0 bridgehead atoms. The lowest BCUT2D eigenvalue weighted by atomic mass is 9.90. The van der Waals surface area contributed by atoms with Gasteiger partial charge in [-0.15, -0.1) is 0 Å². The summed E-state index contributed by atoms with van der Waals surface area (Å²) in [6.07, 6.45) is 2.17. The third kappa shape index (κ3) is 2.78. The predicted molar refractivity (Wildman–Crippen MR) is 70.7 cm³/mol. The first-order valence-electron chi connectivity index (χ1n) is 6.44. The Morgan fingerprint density at radius 3 is 2.39 bits per heavy atom. The van der Waals surface area contributed by atoms with Gasteiger partial charge in [0.15, 0.2) is 5.78 Å². The van der Waals surface area contributed by atoms with Crippen molar-refractivity contribution in [3.8, 4) is 0 Å². The fraction of sp³-hybridized carbons (Fsp3) is 0.467. The Labute approximate surface area is 108 Å². The van der Waals surface area contributed by atoms with Gasteiger partial charge >= 0.3 is 0 Å². The van der Waals surface area contributed by atoms with Crippen LogP contribution in [0.2, 0.25) is 0 Å². The van der Waals surface area contributed by atoms with E-state index < -0.39 is 0 Å². The Hall–Kier alpha value is -1.64. The molecule has 96 valence electrons. The maximum Gasteiger partial charge on any atom is 0.219 e. The minimum absolute atomic E-state index is 0.0931. The van der Waals surface area contributed by atoms with E-state index in [0.29, 0.717) is 5.92 Å². The van der Waals surface area contributed by atoms with Crippen LogP contribution in [-0.2, 0) is 4.79 Å². The lowest BCUT2D eigenvalue weighted by Gasteiger charge is -2.32. The first-order valence-corrected chi connectivity index (χ1v) is 6.44. The molecule has 1 aliphatic heterocycles. The number of Topliss-reactive ketones (excluding diaryl/α,β-unsaturated/α-hetero) is 1. The van der Waals surface area contributed by atoms with E-state index >= 15 is 0 Å². The molecule has 0 radical (unpaired) electrons. The van der Waals surface area contributed by atoms with E-state index in [9.17, 15) is 9.59 Å². The third-order valence-electron chi connectivity index (χ3n) is 3.66. The summed E-state index contributed by atoms with van der Waals surface area (Å²) in [5.74, 6) is 0.652. The molecule has 1 amide bonds. The van der Waals surface area contributed by atoms with Gasteiger partial charge in [0.1, 0.15) is 0 Å². The normalized spacial score (nSPS) is 19.7. The summed E-state index contributed by atoms with van der Waals surface area (Å²) in [5, 5.41) is 0. The van der Waals surface area contributed by atoms with Crippen LogP contribution in [0.4, 0.5) is 0 Å². The van der Waals surface area contributed by atoms with Gasteiger partial charge in [0, 0.05) is 31.5 Å². The summed E-state index contributed by atoms with van der Waals surface area (Å²) < 4.78 is 0. The molecule has 0 spiro atoms. The summed E-state index contributed by atoms with van der Waals surface area (Å²) >= 11 is 0. The van der Waals surface area contributed by atoms with Crippen LogP contribution < -0.4 is 0 Å². The zero-order valence-electron chi connectivity index (χ0n) is 11.0. The Morgan fingerprint density at radius 1 is 1.17 bits per heavy atom. The fourth-order valence-corrected chi connectivity index (χ4v) is 2.53. The standard InChI is InChI=1S/C15H19NO2/c1-11(17)13-5-7-14(8-6-13)15-4-3-9-16(10-15)12(2)18/h5-8,15H,3-4,9-10H2,1-2H3. The summed E-state index contributed by atoms with van der Waals surface area (Å²) in [6.45, 7) is 4.88. The molecule has 1 saturated heterocycles. The van der Waals surface area contributed by atoms with Gasteiger partial charge in [-0.3, -0.25) is 9.59 Å². The predicted octanol–water partition coefficient (Wildman–Crippen LogP) is 2.62. The van der Waals surface area contributed by atoms with E-state index in [1.54, 1.807) is 13.8 Å². The van der Waals surface area contributed by atoms with Gasteiger partial charge < -0.3 is 4.90 Å². The molecular weight excluding hydrogens is 226 g/mol. The zero-order chi connectivity index (χ0) is 13.1. The fourth-order valence-electron chi connectivity index (χ4n) is 2.53. The Bertz CT molecular complexity index is 450. The highest BCUT2D eigenvalue weighted by molar-refractivity contribution is 5.94. The van der Waals surface area contributed by atoms with Gasteiger partial charge in [0.2, 0.25) is 5.91 Å². The van der Waals surface area contributed by atoms with Crippen molar-refractivity contribution in [3.63, 3.8) is 0 Å². The van der Waals surface area contributed by atoms with Crippen molar-refractivity contribution >= 4 is 11.7 Å². The highest BCUT2D eigenvalue weighted by Gasteiger charge is 2.22. The third-order valence-corrected chi connectivity index (χ3v) is 3.66. The summed E-state index contributed by atoms with van der Waals surface area (Å²) in [4.78, 5) is 24.5. The number of hydrogen-bond acceptors (Lipinski definition) is 2. The molecule has 1 unspecified atom stereocenters. The number of carbonyl (C=O) groups excluding carboxylic acids is 2. The van der Waals surface area contributed by atoms with E-state index in [4.69, 9.17) is 0 Å². The first kappa shape index (κ1) is 12.8. The molecule has 2 rings (SSSR count). The molecule has 0 aliphatic carbocycles. The number of rotatable bonds is 2. The number of likely N-dealkylation sites (tertiary alicyclic amines) is 1. The molecule has 1 aliphatic rings. The lowest BCUT2D eigenvalue weighted by molar-refractivity contribution is -0.130. The Balaban J connectivity index is 2.11. The van der Waals surface area contributed by atoms with Crippen LogP contribution in [0, 0.1) is 0 Å². The van der Waals surface area contributed by atoms with Crippen molar-refractivity contribution < 1.29 is 9.59 Å². The molecule has 1 aromatic rings. The van der Waals surface area contributed by atoms with Gasteiger partial charge in [0.05, 0.1) is 0 Å². The molecule has 1 atom stereocenters. The van der Waals surface area contributed by atoms with Crippen LogP contribution in [0.3, 0.4) is 0 Å². The van der Waals surface area contributed by atoms with Crippen LogP contribution in [0.5, 0.6) is 0 Å². The summed E-state index contributed by atoms with van der Waals surface area (Å²) in [7, 11) is 0. The van der Waals surface area contributed by atoms with E-state index in [2.05, 4.69) is 0 Å². The van der Waals surface area contributed by atoms with Crippen molar-refractivity contribution in [2.45, 2.75) is 32.6 Å². The van der Waals surface area contributed by atoms with Crippen molar-refractivity contribution in [3.05, 3.63) is 35.4 Å². The topological polar surface area (TPSA) is 37.4 Å². The molecule has 0 saturated carbocycles. The van der Waals surface area contributed by atoms with Crippen LogP contribution in [0.15, 0.2) is 24.3 Å². The second-order valence-corrected chi connectivity index (χ2v) is 4.98. The molecule has 18 heavy (non-hydrogen) atoms. The van der Waals surface area contributed by atoms with Gasteiger partial charge in [-0.05, 0) is 25.3 Å². The number of amides is 1. The lowest BCUT2D eigenvalue weighted by Crippen LogP contribution is -2.37. The number of benzene rings is 1. The molecular formula is C15H19NO2. The second-order valence-electron chi connectivity index (χ2n) is 4.98. The molecule has 3 heteroatoms. The first-order chi connectivity index (χ1) is 8.58. The molecule has 0 N–H and O–H groups in total.